The SMILES string of the molecule is CCc1ccc(Nc2nccc(-c3ccc([C@@H](C)NC(=O)c4nc(C(C)(C)C)no4)c(C)c3)n2)nc1. The van der Waals surface area contributed by atoms with Crippen LogP contribution in [0.4, 0.5) is 11.8 Å². The Bertz CT molecular complexity index is 1360. The van der Waals surface area contributed by atoms with Crippen molar-refractivity contribution in [2.24, 2.45) is 0 Å². The third-order valence-corrected chi connectivity index (χ3v) is 5.80. The van der Waals surface area contributed by atoms with Gasteiger partial charge in [0.2, 0.25) is 5.95 Å². The van der Waals surface area contributed by atoms with Crippen LogP contribution < -0.4 is 10.6 Å². The number of pyridine rings is 1. The monoisotopic (exact) mass is 485 g/mol. The molecule has 0 unspecified atom stereocenters. The zero-order valence-electron chi connectivity index (χ0n) is 21.5. The summed E-state index contributed by atoms with van der Waals surface area (Å²) in [5.41, 5.74) is 4.60. The smallest absolute Gasteiger partial charge is 0.315 e. The first-order valence-electron chi connectivity index (χ1n) is 11.9. The molecule has 1 atom stereocenters. The summed E-state index contributed by atoms with van der Waals surface area (Å²) < 4.78 is 5.16. The van der Waals surface area contributed by atoms with Crippen molar-refractivity contribution in [1.29, 1.82) is 0 Å². The number of rotatable bonds is 7. The van der Waals surface area contributed by atoms with E-state index in [4.69, 9.17) is 4.52 Å². The van der Waals surface area contributed by atoms with Crippen molar-refractivity contribution >= 4 is 17.7 Å². The molecule has 1 aromatic carbocycles. The Morgan fingerprint density at radius 1 is 1.08 bits per heavy atom. The standard InChI is InChI=1S/C27H31N7O2/c1-7-18-8-11-22(29-15-18)32-26-28-13-12-21(31-26)19-9-10-20(16(2)14-19)17(3)30-23(35)24-33-25(34-36-24)27(4,5)6/h8-15,17H,7H2,1-6H3,(H,30,35)(H,28,29,31,32)/t17-/m1/s1. The first-order valence-corrected chi connectivity index (χ1v) is 11.9. The van der Waals surface area contributed by atoms with Crippen LogP contribution in [0.15, 0.2) is 53.3 Å². The number of nitrogens with one attached hydrogen (secondary N) is 2. The van der Waals surface area contributed by atoms with Crippen LogP contribution in [-0.2, 0) is 11.8 Å². The van der Waals surface area contributed by atoms with E-state index in [0.717, 1.165) is 28.8 Å². The summed E-state index contributed by atoms with van der Waals surface area (Å²) in [5.74, 6) is 1.22. The fraction of sp³-hybridized carbons (Fsp3) is 0.333. The minimum absolute atomic E-state index is 0.0408. The van der Waals surface area contributed by atoms with Crippen LogP contribution in [0.1, 0.15) is 73.9 Å². The fourth-order valence-corrected chi connectivity index (χ4v) is 3.68. The molecule has 9 nitrogen and oxygen atoms in total. The topological polar surface area (TPSA) is 119 Å². The number of hydrogen-bond acceptors (Lipinski definition) is 8. The average Bonchev–Trinajstić information content (AvgIpc) is 3.36. The van der Waals surface area contributed by atoms with Gasteiger partial charge in [0, 0.05) is 23.4 Å². The second-order valence-corrected chi connectivity index (χ2v) is 9.74. The summed E-state index contributed by atoms with van der Waals surface area (Å²) in [4.78, 5) is 30.3. The number of benzene rings is 1. The van der Waals surface area contributed by atoms with Crippen LogP contribution in [0.5, 0.6) is 0 Å². The highest BCUT2D eigenvalue weighted by atomic mass is 16.5. The van der Waals surface area contributed by atoms with Gasteiger partial charge in [-0.15, -0.1) is 0 Å². The molecule has 4 rings (SSSR count). The van der Waals surface area contributed by atoms with Crippen LogP contribution in [-0.4, -0.2) is 31.0 Å². The number of aryl methyl sites for hydroxylation is 2. The molecular weight excluding hydrogens is 454 g/mol. The summed E-state index contributed by atoms with van der Waals surface area (Å²) in [7, 11) is 0. The Balaban J connectivity index is 1.47. The van der Waals surface area contributed by atoms with Gasteiger partial charge in [-0.1, -0.05) is 51.1 Å². The van der Waals surface area contributed by atoms with Gasteiger partial charge in [-0.3, -0.25) is 4.79 Å². The molecule has 0 aliphatic carbocycles. The molecule has 0 aliphatic heterocycles. The highest BCUT2D eigenvalue weighted by molar-refractivity contribution is 5.89. The van der Waals surface area contributed by atoms with E-state index in [2.05, 4.69) is 42.6 Å². The quantitative estimate of drug-likeness (QED) is 0.361. The maximum absolute atomic E-state index is 12.7. The number of aromatic nitrogens is 5. The Kier molecular flexibility index (Phi) is 7.10. The Morgan fingerprint density at radius 2 is 1.89 bits per heavy atom. The highest BCUT2D eigenvalue weighted by Gasteiger charge is 2.25. The lowest BCUT2D eigenvalue weighted by atomic mass is 9.96. The zero-order valence-corrected chi connectivity index (χ0v) is 21.5. The average molecular weight is 486 g/mol. The number of hydrogen-bond donors (Lipinski definition) is 2. The van der Waals surface area contributed by atoms with Gasteiger partial charge in [0.25, 0.3) is 0 Å². The molecule has 0 spiro atoms. The first kappa shape index (κ1) is 25.0. The lowest BCUT2D eigenvalue weighted by molar-refractivity contribution is 0.0895. The summed E-state index contributed by atoms with van der Waals surface area (Å²) in [6, 6.07) is 11.6. The van der Waals surface area contributed by atoms with E-state index >= 15 is 0 Å². The molecular formula is C27H31N7O2. The van der Waals surface area contributed by atoms with Gasteiger partial charge in [0.05, 0.1) is 11.7 Å². The van der Waals surface area contributed by atoms with Gasteiger partial charge < -0.3 is 15.2 Å². The number of amides is 1. The molecule has 0 bridgehead atoms. The van der Waals surface area contributed by atoms with E-state index < -0.39 is 5.91 Å². The second-order valence-electron chi connectivity index (χ2n) is 9.74. The molecule has 9 heteroatoms. The predicted octanol–water partition coefficient (Wildman–Crippen LogP) is 5.32. The molecule has 0 fully saturated rings. The molecule has 4 aromatic rings. The van der Waals surface area contributed by atoms with Gasteiger partial charge in [0.1, 0.15) is 5.82 Å². The molecule has 0 saturated carbocycles. The van der Waals surface area contributed by atoms with E-state index in [9.17, 15) is 4.79 Å². The molecule has 2 N–H and O–H groups in total. The summed E-state index contributed by atoms with van der Waals surface area (Å²) in [6.45, 7) is 11.9. The normalized spacial score (nSPS) is 12.3. The molecule has 36 heavy (non-hydrogen) atoms. The molecule has 1 amide bonds. The lowest BCUT2D eigenvalue weighted by Gasteiger charge is -2.16. The lowest BCUT2D eigenvalue weighted by Crippen LogP contribution is -2.27. The van der Waals surface area contributed by atoms with Crippen molar-refractivity contribution in [1.82, 2.24) is 30.4 Å². The van der Waals surface area contributed by atoms with Crippen LogP contribution in [0, 0.1) is 6.92 Å². The van der Waals surface area contributed by atoms with Crippen molar-refractivity contribution in [3.8, 4) is 11.3 Å². The summed E-state index contributed by atoms with van der Waals surface area (Å²) in [6.07, 6.45) is 4.50. The van der Waals surface area contributed by atoms with E-state index in [0.29, 0.717) is 17.6 Å². The maximum atomic E-state index is 12.7. The Hall–Kier alpha value is -4.14. The molecule has 186 valence electrons. The fourth-order valence-electron chi connectivity index (χ4n) is 3.68. The van der Waals surface area contributed by atoms with Crippen LogP contribution in [0.3, 0.4) is 0 Å². The van der Waals surface area contributed by atoms with Gasteiger partial charge in [-0.05, 0) is 55.2 Å². The molecule has 3 heterocycles. The molecule has 0 radical (unpaired) electrons. The van der Waals surface area contributed by atoms with Crippen molar-refractivity contribution in [3.05, 3.63) is 77.2 Å². The van der Waals surface area contributed by atoms with Crippen LogP contribution >= 0.6 is 0 Å². The third kappa shape index (κ3) is 5.73. The minimum atomic E-state index is -0.402. The van der Waals surface area contributed by atoms with Crippen LogP contribution in [0.25, 0.3) is 11.3 Å². The summed E-state index contributed by atoms with van der Waals surface area (Å²) >= 11 is 0. The predicted molar refractivity (Wildman–Crippen MR) is 138 cm³/mol. The third-order valence-electron chi connectivity index (χ3n) is 5.80. The summed E-state index contributed by atoms with van der Waals surface area (Å²) in [5, 5.41) is 10.0. The van der Waals surface area contributed by atoms with Crippen molar-refractivity contribution in [3.63, 3.8) is 0 Å². The Morgan fingerprint density at radius 3 is 2.53 bits per heavy atom. The van der Waals surface area contributed by atoms with Crippen molar-refractivity contribution in [2.45, 2.75) is 59.4 Å². The number of carbonyl (C=O) groups is 1. The van der Waals surface area contributed by atoms with E-state index in [1.54, 1.807) is 6.20 Å². The van der Waals surface area contributed by atoms with Crippen molar-refractivity contribution in [2.75, 3.05) is 5.32 Å². The number of nitrogens with zero attached hydrogens (tertiary/aromatic N) is 5. The highest BCUT2D eigenvalue weighted by Crippen LogP contribution is 2.26. The minimum Gasteiger partial charge on any atom is -0.341 e. The zero-order chi connectivity index (χ0) is 25.9. The van der Waals surface area contributed by atoms with E-state index in [-0.39, 0.29) is 17.3 Å². The largest absolute Gasteiger partial charge is 0.341 e. The number of carbonyl (C=O) groups excluding carboxylic acids is 1. The maximum Gasteiger partial charge on any atom is 0.315 e. The van der Waals surface area contributed by atoms with E-state index in [1.165, 1.54) is 5.56 Å². The Labute approximate surface area is 210 Å². The van der Waals surface area contributed by atoms with Gasteiger partial charge in [-0.25, -0.2) is 15.0 Å². The van der Waals surface area contributed by atoms with Crippen LogP contribution in [0.2, 0.25) is 0 Å². The van der Waals surface area contributed by atoms with Gasteiger partial charge in [0.15, 0.2) is 5.82 Å². The molecule has 0 saturated heterocycles. The van der Waals surface area contributed by atoms with E-state index in [1.807, 2.05) is 77.2 Å². The van der Waals surface area contributed by atoms with Gasteiger partial charge in [-0.2, -0.15) is 4.98 Å². The first-order chi connectivity index (χ1) is 17.1. The van der Waals surface area contributed by atoms with Crippen molar-refractivity contribution < 1.29 is 9.32 Å². The molecule has 3 aromatic heterocycles. The number of anilines is 2. The molecule has 0 aliphatic rings. The van der Waals surface area contributed by atoms with Gasteiger partial charge >= 0.3 is 11.8 Å². The second kappa shape index (κ2) is 10.2.